The van der Waals surface area contributed by atoms with Crippen LogP contribution in [0, 0.1) is 5.82 Å². The van der Waals surface area contributed by atoms with E-state index in [0.29, 0.717) is 27.9 Å². The predicted molar refractivity (Wildman–Crippen MR) is 157 cm³/mol. The van der Waals surface area contributed by atoms with Crippen LogP contribution in [0.3, 0.4) is 0 Å². The molecule has 43 heavy (non-hydrogen) atoms. The molecule has 0 bridgehead atoms. The van der Waals surface area contributed by atoms with Crippen LogP contribution in [0.2, 0.25) is 0 Å². The Morgan fingerprint density at radius 2 is 1.86 bits per heavy atom. The number of amides is 5. The second kappa shape index (κ2) is 12.4. The minimum absolute atomic E-state index is 0.00938. The number of imide groups is 1. The topological polar surface area (TPSA) is 119 Å². The number of piperidine rings is 1. The average molecular weight is 590 g/mol. The van der Waals surface area contributed by atoms with Crippen molar-refractivity contribution in [2.24, 2.45) is 0 Å². The molecule has 0 spiro atoms. The first-order valence-electron chi connectivity index (χ1n) is 14.5. The highest BCUT2D eigenvalue weighted by Crippen LogP contribution is 2.32. The molecule has 2 aliphatic heterocycles. The smallest absolute Gasteiger partial charge is 0.255 e. The number of carbonyl (C=O) groups is 5. The first-order valence-corrected chi connectivity index (χ1v) is 14.5. The van der Waals surface area contributed by atoms with Gasteiger partial charge in [0.1, 0.15) is 17.9 Å². The van der Waals surface area contributed by atoms with Crippen molar-refractivity contribution in [1.82, 2.24) is 20.4 Å². The normalized spacial score (nSPS) is 19.1. The molecule has 226 valence electrons. The highest BCUT2D eigenvalue weighted by molar-refractivity contribution is 6.05. The third-order valence-electron chi connectivity index (χ3n) is 8.43. The summed E-state index contributed by atoms with van der Waals surface area (Å²) in [7, 11) is 3.44. The van der Waals surface area contributed by atoms with E-state index in [1.165, 1.54) is 15.9 Å². The molecular formula is C32H36FN5O5. The number of nitrogens with one attached hydrogen (secondary N) is 2. The number of hydrogen-bond acceptors (Lipinski definition) is 6. The lowest BCUT2D eigenvalue weighted by atomic mass is 10.00. The fourth-order valence-electron chi connectivity index (χ4n) is 6.22. The van der Waals surface area contributed by atoms with E-state index in [0.717, 1.165) is 31.8 Å². The molecule has 2 N–H and O–H groups in total. The molecule has 0 radical (unpaired) electrons. The minimum atomic E-state index is -1.13. The average Bonchev–Trinajstić information content (AvgIpc) is 3.59. The van der Waals surface area contributed by atoms with E-state index in [-0.39, 0.29) is 43.8 Å². The fourth-order valence-corrected chi connectivity index (χ4v) is 6.22. The summed E-state index contributed by atoms with van der Waals surface area (Å²) < 4.78 is 15.1. The third kappa shape index (κ3) is 6.16. The van der Waals surface area contributed by atoms with E-state index >= 15 is 4.39 Å². The van der Waals surface area contributed by atoms with E-state index in [9.17, 15) is 24.0 Å². The Balaban J connectivity index is 1.45. The Labute approximate surface area is 249 Å². The predicted octanol–water partition coefficient (Wildman–Crippen LogP) is 2.97. The second-order valence-electron chi connectivity index (χ2n) is 11.6. The summed E-state index contributed by atoms with van der Waals surface area (Å²) in [6.07, 6.45) is 5.21. The van der Waals surface area contributed by atoms with Crippen molar-refractivity contribution in [3.63, 3.8) is 0 Å². The number of halogens is 1. The van der Waals surface area contributed by atoms with Gasteiger partial charge >= 0.3 is 0 Å². The van der Waals surface area contributed by atoms with Gasteiger partial charge in [-0.25, -0.2) is 4.39 Å². The number of anilines is 1. The Morgan fingerprint density at radius 1 is 1.12 bits per heavy atom. The molecule has 2 atom stereocenters. The Morgan fingerprint density at radius 3 is 2.51 bits per heavy atom. The van der Waals surface area contributed by atoms with E-state index < -0.39 is 35.6 Å². The van der Waals surface area contributed by atoms with Gasteiger partial charge in [-0.15, -0.1) is 0 Å². The van der Waals surface area contributed by atoms with Crippen LogP contribution in [-0.2, 0) is 32.3 Å². The first kappa shape index (κ1) is 29.9. The zero-order chi connectivity index (χ0) is 30.8. The minimum Gasteiger partial charge on any atom is -0.375 e. The van der Waals surface area contributed by atoms with Gasteiger partial charge in [0.15, 0.2) is 0 Å². The molecule has 2 unspecified atom stereocenters. The summed E-state index contributed by atoms with van der Waals surface area (Å²) in [6, 6.07) is 7.76. The van der Waals surface area contributed by atoms with Crippen LogP contribution < -0.4 is 15.5 Å². The second-order valence-corrected chi connectivity index (χ2v) is 11.6. The molecule has 1 aliphatic carbocycles. The Bertz CT molecular complexity index is 1480. The summed E-state index contributed by atoms with van der Waals surface area (Å²) in [6.45, 7) is 3.81. The Kier molecular flexibility index (Phi) is 8.61. The van der Waals surface area contributed by atoms with Crippen molar-refractivity contribution in [1.29, 1.82) is 0 Å². The van der Waals surface area contributed by atoms with Gasteiger partial charge in [0.25, 0.3) is 5.91 Å². The highest BCUT2D eigenvalue weighted by atomic mass is 19.1. The number of benzene rings is 2. The van der Waals surface area contributed by atoms with Crippen LogP contribution >= 0.6 is 0 Å². The lowest BCUT2D eigenvalue weighted by molar-refractivity contribution is -0.138. The highest BCUT2D eigenvalue weighted by Gasteiger charge is 2.39. The maximum absolute atomic E-state index is 15.1. The van der Waals surface area contributed by atoms with Crippen molar-refractivity contribution in [3.8, 4) is 0 Å². The SMILES string of the molecule is C=CC(=O)N(Cc1ccc2c(c1)CN(C1CCC(=O)NC1=O)C2=O)C(C(=O)NC1CCCC1)c1ccc(N(C)C)c(F)c1. The van der Waals surface area contributed by atoms with E-state index in [4.69, 9.17) is 0 Å². The van der Waals surface area contributed by atoms with Gasteiger partial charge in [-0.05, 0) is 60.2 Å². The van der Waals surface area contributed by atoms with Crippen LogP contribution in [-0.4, -0.2) is 65.5 Å². The monoisotopic (exact) mass is 589 g/mol. The number of hydrogen-bond donors (Lipinski definition) is 2. The summed E-state index contributed by atoms with van der Waals surface area (Å²) in [5.41, 5.74) is 2.44. The molecule has 2 aromatic rings. The van der Waals surface area contributed by atoms with Crippen LogP contribution in [0.4, 0.5) is 10.1 Å². The lowest BCUT2D eigenvalue weighted by Gasteiger charge is -2.32. The largest absolute Gasteiger partial charge is 0.375 e. The molecular weight excluding hydrogens is 553 g/mol. The van der Waals surface area contributed by atoms with Crippen LogP contribution in [0.15, 0.2) is 49.1 Å². The molecule has 5 amide bonds. The van der Waals surface area contributed by atoms with Gasteiger partial charge in [-0.1, -0.05) is 37.6 Å². The number of fused-ring (bicyclic) bond motifs is 1. The van der Waals surface area contributed by atoms with Gasteiger partial charge in [0, 0.05) is 45.2 Å². The van der Waals surface area contributed by atoms with Crippen molar-refractivity contribution in [2.75, 3.05) is 19.0 Å². The summed E-state index contributed by atoms with van der Waals surface area (Å²) in [5, 5.41) is 5.36. The summed E-state index contributed by atoms with van der Waals surface area (Å²) >= 11 is 0. The Hall–Kier alpha value is -4.54. The zero-order valence-electron chi connectivity index (χ0n) is 24.4. The zero-order valence-corrected chi connectivity index (χ0v) is 24.4. The third-order valence-corrected chi connectivity index (χ3v) is 8.43. The maximum atomic E-state index is 15.1. The number of rotatable bonds is 9. The summed E-state index contributed by atoms with van der Waals surface area (Å²) in [4.78, 5) is 68.8. The van der Waals surface area contributed by atoms with E-state index in [2.05, 4.69) is 17.2 Å². The molecule has 1 saturated carbocycles. The molecule has 2 aromatic carbocycles. The van der Waals surface area contributed by atoms with Gasteiger partial charge in [-0.2, -0.15) is 0 Å². The maximum Gasteiger partial charge on any atom is 0.255 e. The summed E-state index contributed by atoms with van der Waals surface area (Å²) in [5.74, 6) is -2.59. The van der Waals surface area contributed by atoms with Crippen LogP contribution in [0.5, 0.6) is 0 Å². The fraction of sp³-hybridized carbons (Fsp3) is 0.406. The molecule has 1 saturated heterocycles. The van der Waals surface area contributed by atoms with Gasteiger partial charge < -0.3 is 20.0 Å². The van der Waals surface area contributed by atoms with Crippen molar-refractivity contribution >= 4 is 35.2 Å². The molecule has 2 fully saturated rings. The molecule has 11 heteroatoms. The lowest BCUT2D eigenvalue weighted by Crippen LogP contribution is -2.52. The number of nitrogens with zero attached hydrogens (tertiary/aromatic N) is 3. The van der Waals surface area contributed by atoms with Crippen LogP contribution in [0.1, 0.15) is 71.6 Å². The molecule has 2 heterocycles. The van der Waals surface area contributed by atoms with Gasteiger partial charge in [0.05, 0.1) is 5.69 Å². The van der Waals surface area contributed by atoms with Gasteiger partial charge in [-0.3, -0.25) is 29.3 Å². The molecule has 10 nitrogen and oxygen atoms in total. The van der Waals surface area contributed by atoms with E-state index in [1.807, 2.05) is 0 Å². The van der Waals surface area contributed by atoms with Crippen molar-refractivity contribution in [3.05, 3.63) is 77.1 Å². The van der Waals surface area contributed by atoms with Gasteiger partial charge in [0.2, 0.25) is 23.6 Å². The van der Waals surface area contributed by atoms with Crippen LogP contribution in [0.25, 0.3) is 0 Å². The number of carbonyl (C=O) groups excluding carboxylic acids is 5. The first-order chi connectivity index (χ1) is 20.6. The van der Waals surface area contributed by atoms with E-state index in [1.54, 1.807) is 49.3 Å². The van der Waals surface area contributed by atoms with Crippen molar-refractivity contribution < 1.29 is 28.4 Å². The molecule has 0 aromatic heterocycles. The quantitative estimate of drug-likeness (QED) is 0.343. The molecule has 3 aliphatic rings. The standard InChI is InChI=1S/C32H36FN5O5/c1-4-28(40)38(29(31(42)34-22-7-5-6-8-22)20-10-12-25(36(2)3)24(33)16-20)17-19-9-11-23-21(15-19)18-37(32(23)43)26-13-14-27(39)35-30(26)41/h4,9-12,15-16,22,26,29H,1,5-8,13-14,17-18H2,2-3H3,(H,34,42)(H,35,39,41). The van der Waals surface area contributed by atoms with Crippen molar-refractivity contribution in [2.45, 2.75) is 69.7 Å². The molecule has 5 rings (SSSR count).